The van der Waals surface area contributed by atoms with Gasteiger partial charge in [-0.3, -0.25) is 14.6 Å². The van der Waals surface area contributed by atoms with Crippen LogP contribution >= 0.6 is 11.3 Å². The highest BCUT2D eigenvalue weighted by Crippen LogP contribution is 2.42. The van der Waals surface area contributed by atoms with Crippen LogP contribution in [0.2, 0.25) is 0 Å². The highest BCUT2D eigenvalue weighted by Gasteiger charge is 2.31. The number of aliphatic hydroxyl groups is 1. The maximum Gasteiger partial charge on any atom is 0.261 e. The molecule has 0 saturated carbocycles. The molecule has 1 aliphatic rings. The number of carbonyl (C=O) groups excluding carboxylic acids is 2. The first-order chi connectivity index (χ1) is 22.1. The van der Waals surface area contributed by atoms with Gasteiger partial charge < -0.3 is 20.6 Å². The Morgan fingerprint density at radius 3 is 2.50 bits per heavy atom. The number of aryl methyl sites for hydroxylation is 2. The second-order valence-electron chi connectivity index (χ2n) is 11.9. The Balaban J connectivity index is 1.48. The number of rotatable bonds is 10. The highest BCUT2D eigenvalue weighted by molar-refractivity contribution is 7.17. The zero-order valence-corrected chi connectivity index (χ0v) is 26.5. The summed E-state index contributed by atoms with van der Waals surface area (Å²) in [5.41, 5.74) is 10.7. The number of fused-ring (bicyclic) bond motifs is 1. The molecular formula is C35H34FN5O4S. The van der Waals surface area contributed by atoms with Gasteiger partial charge in [-0.05, 0) is 66.1 Å². The van der Waals surface area contributed by atoms with E-state index in [-0.39, 0.29) is 35.7 Å². The number of thiophene rings is 1. The molecular weight excluding hydrogens is 605 g/mol. The summed E-state index contributed by atoms with van der Waals surface area (Å²) >= 11 is 1.22. The van der Waals surface area contributed by atoms with Crippen LogP contribution < -0.4 is 11.1 Å². The molecule has 1 aliphatic carbocycles. The molecule has 3 heterocycles. The van der Waals surface area contributed by atoms with Crippen LogP contribution in [0.1, 0.15) is 86.4 Å². The lowest BCUT2D eigenvalue weighted by Gasteiger charge is -2.20. The van der Waals surface area contributed by atoms with Crippen LogP contribution in [0, 0.1) is 18.7 Å². The molecule has 46 heavy (non-hydrogen) atoms. The van der Waals surface area contributed by atoms with Crippen molar-refractivity contribution in [1.29, 1.82) is 0 Å². The molecule has 2 amide bonds. The van der Waals surface area contributed by atoms with Gasteiger partial charge in [-0.15, -0.1) is 21.5 Å². The Kier molecular flexibility index (Phi) is 8.79. The van der Waals surface area contributed by atoms with E-state index >= 15 is 0 Å². The summed E-state index contributed by atoms with van der Waals surface area (Å²) in [5.74, 6) is -0.829. The van der Waals surface area contributed by atoms with Crippen molar-refractivity contribution in [3.8, 4) is 21.9 Å². The van der Waals surface area contributed by atoms with E-state index in [0.29, 0.717) is 50.1 Å². The molecule has 0 aliphatic heterocycles. The zero-order chi connectivity index (χ0) is 32.5. The van der Waals surface area contributed by atoms with Gasteiger partial charge in [0, 0.05) is 23.8 Å². The Labute approximate surface area is 269 Å². The number of halogens is 1. The van der Waals surface area contributed by atoms with Crippen molar-refractivity contribution in [2.75, 3.05) is 0 Å². The maximum atomic E-state index is 13.6. The second-order valence-corrected chi connectivity index (χ2v) is 13.0. The molecule has 0 fully saturated rings. The fraction of sp³-hybridized carbons (Fsp3) is 0.286. The van der Waals surface area contributed by atoms with Crippen molar-refractivity contribution in [2.24, 2.45) is 11.7 Å². The van der Waals surface area contributed by atoms with Crippen molar-refractivity contribution in [3.63, 3.8) is 0 Å². The largest absolute Gasteiger partial charge is 0.421 e. The van der Waals surface area contributed by atoms with Gasteiger partial charge in [0.2, 0.25) is 11.8 Å². The van der Waals surface area contributed by atoms with Crippen LogP contribution in [0.4, 0.5) is 4.39 Å². The van der Waals surface area contributed by atoms with Crippen LogP contribution in [-0.2, 0) is 19.3 Å². The molecule has 0 radical (unpaired) electrons. The molecule has 236 valence electrons. The number of benzene rings is 2. The number of carbonyl (C=O) groups is 2. The number of hydrogen-bond donors (Lipinski definition) is 3. The Morgan fingerprint density at radius 2 is 1.80 bits per heavy atom. The van der Waals surface area contributed by atoms with Gasteiger partial charge in [-0.1, -0.05) is 50.2 Å². The summed E-state index contributed by atoms with van der Waals surface area (Å²) in [6, 6.07) is 17.1. The molecule has 9 nitrogen and oxygen atoms in total. The van der Waals surface area contributed by atoms with E-state index in [9.17, 15) is 19.1 Å². The van der Waals surface area contributed by atoms with E-state index in [1.807, 2.05) is 32.0 Å². The topological polar surface area (TPSA) is 144 Å². The summed E-state index contributed by atoms with van der Waals surface area (Å²) in [6.07, 6.45) is 1.08. The zero-order valence-electron chi connectivity index (χ0n) is 25.7. The third-order valence-corrected chi connectivity index (χ3v) is 9.19. The third kappa shape index (κ3) is 6.33. The van der Waals surface area contributed by atoms with Gasteiger partial charge in [-0.25, -0.2) is 4.39 Å². The quantitative estimate of drug-likeness (QED) is 0.163. The number of nitrogens with two attached hydrogens (primary N) is 1. The fourth-order valence-electron chi connectivity index (χ4n) is 6.03. The molecule has 3 aromatic heterocycles. The molecule has 5 aromatic rings. The maximum absolute atomic E-state index is 13.6. The third-order valence-electron chi connectivity index (χ3n) is 8.09. The van der Waals surface area contributed by atoms with Crippen LogP contribution in [0.25, 0.3) is 21.9 Å². The molecule has 2 unspecified atom stereocenters. The first-order valence-electron chi connectivity index (χ1n) is 15.2. The molecule has 4 N–H and O–H groups in total. The molecule has 0 saturated heterocycles. The predicted molar refractivity (Wildman–Crippen MR) is 173 cm³/mol. The predicted octanol–water partition coefficient (Wildman–Crippen LogP) is 6.30. The minimum Gasteiger partial charge on any atom is -0.421 e. The van der Waals surface area contributed by atoms with E-state index < -0.39 is 17.8 Å². The van der Waals surface area contributed by atoms with Gasteiger partial charge in [0.25, 0.3) is 11.8 Å². The smallest absolute Gasteiger partial charge is 0.261 e. The second kappa shape index (κ2) is 12.9. The number of nitrogens with zero attached hydrogens (tertiary/aromatic N) is 3. The van der Waals surface area contributed by atoms with Crippen LogP contribution in [0.3, 0.4) is 0 Å². The minimum absolute atomic E-state index is 0.000657. The van der Waals surface area contributed by atoms with Crippen LogP contribution in [0.15, 0.2) is 65.1 Å². The Morgan fingerprint density at radius 1 is 1.04 bits per heavy atom. The summed E-state index contributed by atoms with van der Waals surface area (Å²) in [5, 5.41) is 22.7. The average Bonchev–Trinajstić information content (AvgIpc) is 3.77. The SMILES string of the molecule is Cc1nnc(-c2c(CC(O)c3ccc(F)cc3)nc(CC(C)C)c(C(N)=O)c2-c2ccc(C(=O)NC3CCc4ccccc43)s2)o1. The number of nitrogens with one attached hydrogen (secondary N) is 1. The lowest BCUT2D eigenvalue weighted by atomic mass is 9.90. The van der Waals surface area contributed by atoms with E-state index in [0.717, 1.165) is 18.4 Å². The van der Waals surface area contributed by atoms with Crippen molar-refractivity contribution < 1.29 is 23.5 Å². The number of aliphatic hydroxyl groups excluding tert-OH is 1. The number of pyridine rings is 1. The summed E-state index contributed by atoms with van der Waals surface area (Å²) in [7, 11) is 0. The minimum atomic E-state index is -1.06. The fourth-order valence-corrected chi connectivity index (χ4v) is 6.99. The molecule has 0 spiro atoms. The summed E-state index contributed by atoms with van der Waals surface area (Å²) in [4.78, 5) is 32.7. The van der Waals surface area contributed by atoms with Gasteiger partial charge in [-0.2, -0.15) is 0 Å². The number of amides is 2. The molecule has 6 rings (SSSR count). The Bertz CT molecular complexity index is 1920. The van der Waals surface area contributed by atoms with E-state index in [1.165, 1.54) is 41.2 Å². The lowest BCUT2D eigenvalue weighted by Crippen LogP contribution is -2.26. The summed E-state index contributed by atoms with van der Waals surface area (Å²) in [6.45, 7) is 5.65. The van der Waals surface area contributed by atoms with Gasteiger partial charge in [0.1, 0.15) is 5.82 Å². The molecule has 2 atom stereocenters. The highest BCUT2D eigenvalue weighted by atomic mass is 32.1. The van der Waals surface area contributed by atoms with Gasteiger partial charge in [0.15, 0.2) is 0 Å². The van der Waals surface area contributed by atoms with Gasteiger partial charge in [0.05, 0.1) is 39.5 Å². The van der Waals surface area contributed by atoms with Crippen molar-refractivity contribution in [3.05, 3.63) is 111 Å². The summed E-state index contributed by atoms with van der Waals surface area (Å²) < 4.78 is 19.5. The van der Waals surface area contributed by atoms with E-state index in [2.05, 4.69) is 21.6 Å². The van der Waals surface area contributed by atoms with E-state index in [4.69, 9.17) is 15.1 Å². The number of aromatic nitrogens is 3. The first-order valence-corrected chi connectivity index (χ1v) is 16.0. The Hall–Kier alpha value is -4.74. The first kappa shape index (κ1) is 31.3. The monoisotopic (exact) mass is 639 g/mol. The lowest BCUT2D eigenvalue weighted by molar-refractivity contribution is 0.0939. The van der Waals surface area contributed by atoms with Gasteiger partial charge >= 0.3 is 0 Å². The van der Waals surface area contributed by atoms with Crippen molar-refractivity contribution in [1.82, 2.24) is 20.5 Å². The van der Waals surface area contributed by atoms with Crippen molar-refractivity contribution >= 4 is 23.2 Å². The van der Waals surface area contributed by atoms with Crippen molar-refractivity contribution in [2.45, 2.75) is 58.6 Å². The van der Waals surface area contributed by atoms with Crippen LogP contribution in [-0.4, -0.2) is 32.1 Å². The molecule has 0 bridgehead atoms. The number of primary amides is 1. The average molecular weight is 640 g/mol. The molecule has 2 aromatic carbocycles. The number of hydrogen-bond acceptors (Lipinski definition) is 8. The van der Waals surface area contributed by atoms with Crippen LogP contribution in [0.5, 0.6) is 0 Å². The molecule has 11 heteroatoms. The normalized spacial score (nSPS) is 14.8. The van der Waals surface area contributed by atoms with E-state index in [1.54, 1.807) is 19.1 Å². The standard InChI is InChI=1S/C35H34FN5O4S/c1-18(2)16-25-30(33(37)43)32(28-14-15-29(46-28)34(44)39-24-13-10-20-6-4-5-7-23(20)24)31(35-41-40-19(3)45-35)26(38-25)17-27(42)21-8-11-22(36)12-9-21/h4-9,11-12,14-15,18,24,27,42H,10,13,16-17H2,1-3H3,(H2,37,43)(H,39,44).